The highest BCUT2D eigenvalue weighted by Crippen LogP contribution is 2.14. The Morgan fingerprint density at radius 1 is 1.33 bits per heavy atom. The summed E-state index contributed by atoms with van der Waals surface area (Å²) in [6.07, 6.45) is 3.51. The fourth-order valence-corrected chi connectivity index (χ4v) is 2.38. The molecule has 3 nitrogen and oxygen atoms in total. The van der Waals surface area contributed by atoms with Gasteiger partial charge in [-0.05, 0) is 31.0 Å². The van der Waals surface area contributed by atoms with Gasteiger partial charge in [0, 0.05) is 32.2 Å². The van der Waals surface area contributed by atoms with Crippen molar-refractivity contribution in [2.45, 2.75) is 39.8 Å². The predicted octanol–water partition coefficient (Wildman–Crippen LogP) is 3.22. The summed E-state index contributed by atoms with van der Waals surface area (Å²) in [6, 6.07) is 8.89. The van der Waals surface area contributed by atoms with Gasteiger partial charge >= 0.3 is 0 Å². The van der Waals surface area contributed by atoms with Gasteiger partial charge in [-0.2, -0.15) is 0 Å². The molecule has 0 aliphatic carbocycles. The van der Waals surface area contributed by atoms with Crippen molar-refractivity contribution < 1.29 is 4.74 Å². The lowest BCUT2D eigenvalue weighted by atomic mass is 10.1. The molecule has 0 atom stereocenters. The zero-order valence-corrected chi connectivity index (χ0v) is 13.6. The Bertz CT molecular complexity index is 468. The first-order valence-electron chi connectivity index (χ1n) is 7.96. The molecule has 1 aliphatic rings. The first-order valence-corrected chi connectivity index (χ1v) is 7.96. The van der Waals surface area contributed by atoms with Crippen LogP contribution in [0.25, 0.3) is 0 Å². The van der Waals surface area contributed by atoms with Crippen LogP contribution < -0.4 is 10.1 Å². The molecule has 0 saturated heterocycles. The monoisotopic (exact) mass is 288 g/mol. The van der Waals surface area contributed by atoms with Crippen LogP contribution in [0.5, 0.6) is 5.75 Å². The Labute approximate surface area is 129 Å². The lowest BCUT2D eigenvalue weighted by molar-refractivity contribution is 0.218. The van der Waals surface area contributed by atoms with E-state index in [1.165, 1.54) is 17.6 Å². The molecular formula is C18H28N2O. The summed E-state index contributed by atoms with van der Waals surface area (Å²) in [5.41, 5.74) is 2.79. The summed E-state index contributed by atoms with van der Waals surface area (Å²) in [7, 11) is 0. The van der Waals surface area contributed by atoms with E-state index in [0.29, 0.717) is 6.04 Å². The maximum Gasteiger partial charge on any atom is 0.119 e. The van der Waals surface area contributed by atoms with E-state index in [0.717, 1.165) is 38.5 Å². The fourth-order valence-electron chi connectivity index (χ4n) is 2.38. The molecule has 0 saturated carbocycles. The third-order valence-corrected chi connectivity index (χ3v) is 3.81. The molecule has 0 aromatic heterocycles. The van der Waals surface area contributed by atoms with Gasteiger partial charge in [-0.15, -0.1) is 0 Å². The van der Waals surface area contributed by atoms with Gasteiger partial charge < -0.3 is 10.1 Å². The van der Waals surface area contributed by atoms with E-state index in [2.05, 4.69) is 55.3 Å². The van der Waals surface area contributed by atoms with Crippen molar-refractivity contribution in [3.05, 3.63) is 41.5 Å². The average Bonchev–Trinajstić information content (AvgIpc) is 2.48. The number of hydrogen-bond acceptors (Lipinski definition) is 3. The number of benzene rings is 1. The van der Waals surface area contributed by atoms with Crippen molar-refractivity contribution in [1.29, 1.82) is 0 Å². The first-order chi connectivity index (χ1) is 10.1. The van der Waals surface area contributed by atoms with Gasteiger partial charge in [0.05, 0.1) is 0 Å². The maximum atomic E-state index is 5.89. The Morgan fingerprint density at radius 3 is 2.90 bits per heavy atom. The summed E-state index contributed by atoms with van der Waals surface area (Å²) in [5, 5.41) is 3.43. The van der Waals surface area contributed by atoms with Crippen LogP contribution in [0.1, 0.15) is 32.8 Å². The summed E-state index contributed by atoms with van der Waals surface area (Å²) in [5.74, 6) is 0.974. The summed E-state index contributed by atoms with van der Waals surface area (Å²) >= 11 is 0. The molecule has 0 unspecified atom stereocenters. The van der Waals surface area contributed by atoms with Crippen LogP contribution in [0.3, 0.4) is 0 Å². The molecule has 21 heavy (non-hydrogen) atoms. The molecule has 0 radical (unpaired) electrons. The van der Waals surface area contributed by atoms with Crippen LogP contribution in [-0.2, 0) is 6.54 Å². The van der Waals surface area contributed by atoms with E-state index in [9.17, 15) is 0 Å². The molecule has 1 N–H and O–H groups in total. The minimum absolute atomic E-state index is 0.505. The van der Waals surface area contributed by atoms with Gasteiger partial charge in [0.25, 0.3) is 0 Å². The van der Waals surface area contributed by atoms with Crippen molar-refractivity contribution >= 4 is 0 Å². The second-order valence-corrected chi connectivity index (χ2v) is 6.13. The number of ether oxygens (including phenoxy) is 1. The van der Waals surface area contributed by atoms with Crippen LogP contribution >= 0.6 is 0 Å². The third kappa shape index (κ3) is 5.90. The van der Waals surface area contributed by atoms with Gasteiger partial charge in [-0.3, -0.25) is 4.90 Å². The van der Waals surface area contributed by atoms with Gasteiger partial charge in [0.15, 0.2) is 0 Å². The van der Waals surface area contributed by atoms with Gasteiger partial charge in [-0.1, -0.05) is 37.6 Å². The molecule has 1 aromatic carbocycles. The molecule has 0 amide bonds. The summed E-state index contributed by atoms with van der Waals surface area (Å²) in [4.78, 5) is 2.44. The zero-order valence-electron chi connectivity index (χ0n) is 13.6. The lowest BCUT2D eigenvalue weighted by Gasteiger charge is -2.25. The highest BCUT2D eigenvalue weighted by Gasteiger charge is 2.08. The quantitative estimate of drug-likeness (QED) is 0.780. The van der Waals surface area contributed by atoms with Crippen molar-refractivity contribution in [3.8, 4) is 5.75 Å². The molecule has 2 rings (SSSR count). The smallest absolute Gasteiger partial charge is 0.119 e. The number of hydrogen-bond donors (Lipinski definition) is 1. The van der Waals surface area contributed by atoms with Crippen LogP contribution in [0.4, 0.5) is 0 Å². The Morgan fingerprint density at radius 2 is 2.19 bits per heavy atom. The topological polar surface area (TPSA) is 24.5 Å². The average molecular weight is 288 g/mol. The standard InChI is InChI=1S/C18H28N2O/c1-15(2)19-14-17-5-4-6-18(13-17)21-12-11-20-9-7-16(3)8-10-20/h4-7,13,15,19H,8-12,14H2,1-3H3. The lowest BCUT2D eigenvalue weighted by Crippen LogP contribution is -2.32. The maximum absolute atomic E-state index is 5.89. The van der Waals surface area contributed by atoms with E-state index < -0.39 is 0 Å². The number of rotatable bonds is 7. The largest absolute Gasteiger partial charge is 0.492 e. The molecule has 0 fully saturated rings. The van der Waals surface area contributed by atoms with Crippen LogP contribution in [0.15, 0.2) is 35.9 Å². The minimum Gasteiger partial charge on any atom is -0.492 e. The Hall–Kier alpha value is -1.32. The van der Waals surface area contributed by atoms with Crippen LogP contribution in [0, 0.1) is 0 Å². The number of nitrogens with one attached hydrogen (secondary N) is 1. The van der Waals surface area contributed by atoms with E-state index in [-0.39, 0.29) is 0 Å². The summed E-state index contributed by atoms with van der Waals surface area (Å²) < 4.78 is 5.89. The van der Waals surface area contributed by atoms with Gasteiger partial charge in [0.1, 0.15) is 12.4 Å². The second-order valence-electron chi connectivity index (χ2n) is 6.13. The SMILES string of the molecule is CC1=CCN(CCOc2cccc(CNC(C)C)c2)CC1. The first kappa shape index (κ1) is 16.1. The van der Waals surface area contributed by atoms with E-state index in [1.807, 2.05) is 6.07 Å². The van der Waals surface area contributed by atoms with Gasteiger partial charge in [-0.25, -0.2) is 0 Å². The van der Waals surface area contributed by atoms with Gasteiger partial charge in [0.2, 0.25) is 0 Å². The molecule has 0 bridgehead atoms. The third-order valence-electron chi connectivity index (χ3n) is 3.81. The highest BCUT2D eigenvalue weighted by molar-refractivity contribution is 5.28. The predicted molar refractivity (Wildman–Crippen MR) is 88.7 cm³/mol. The van der Waals surface area contributed by atoms with Crippen molar-refractivity contribution in [2.24, 2.45) is 0 Å². The van der Waals surface area contributed by atoms with E-state index in [4.69, 9.17) is 4.74 Å². The van der Waals surface area contributed by atoms with E-state index >= 15 is 0 Å². The molecule has 1 heterocycles. The van der Waals surface area contributed by atoms with Crippen molar-refractivity contribution in [1.82, 2.24) is 10.2 Å². The van der Waals surface area contributed by atoms with Crippen LogP contribution in [-0.4, -0.2) is 37.2 Å². The molecule has 0 spiro atoms. The Kier molecular flexibility index (Phi) is 6.27. The number of nitrogens with zero attached hydrogens (tertiary/aromatic N) is 1. The summed E-state index contributed by atoms with van der Waals surface area (Å²) in [6.45, 7) is 11.4. The Balaban J connectivity index is 1.74. The molecule has 116 valence electrons. The van der Waals surface area contributed by atoms with Crippen molar-refractivity contribution in [2.75, 3.05) is 26.2 Å². The molecule has 1 aromatic rings. The molecular weight excluding hydrogens is 260 g/mol. The van der Waals surface area contributed by atoms with Crippen molar-refractivity contribution in [3.63, 3.8) is 0 Å². The second kappa shape index (κ2) is 8.20. The van der Waals surface area contributed by atoms with E-state index in [1.54, 1.807) is 0 Å². The highest BCUT2D eigenvalue weighted by atomic mass is 16.5. The normalized spacial score (nSPS) is 16.1. The molecule has 3 heteroatoms. The minimum atomic E-state index is 0.505. The van der Waals surface area contributed by atoms with Crippen LogP contribution in [0.2, 0.25) is 0 Å². The zero-order chi connectivity index (χ0) is 15.1. The fraction of sp³-hybridized carbons (Fsp3) is 0.556. The molecule has 1 aliphatic heterocycles.